The second-order valence-electron chi connectivity index (χ2n) is 36.3. The smallest absolute Gasteiger partial charge is 0.333 e. The topological polar surface area (TPSA) is 477 Å². The number of pyridine rings is 2. The van der Waals surface area contributed by atoms with Gasteiger partial charge in [-0.3, -0.25) is 18.7 Å². The number of anilines is 4. The Kier molecular flexibility index (Phi) is 38.1. The summed E-state index contributed by atoms with van der Waals surface area (Å²) in [5.74, 6) is -2.18. The molecule has 144 heavy (non-hydrogen) atoms. The van der Waals surface area contributed by atoms with Crippen molar-refractivity contribution in [2.24, 2.45) is 14.1 Å². The van der Waals surface area contributed by atoms with E-state index < -0.39 is 87.5 Å². The normalized spacial score (nSPS) is 11.7. The minimum Gasteiger partial charge on any atom is -0.481 e. The molecule has 6 heterocycles. The summed E-state index contributed by atoms with van der Waals surface area (Å²) in [5.41, 5.74) is 9.83. The number of aryl methyl sites for hydroxylation is 2. The number of hydrogen-bond donors (Lipinski definition) is 8. The molecule has 0 bridgehead atoms. The summed E-state index contributed by atoms with van der Waals surface area (Å²) in [6.07, 6.45) is 2.99. The van der Waals surface area contributed by atoms with Gasteiger partial charge in [-0.15, -0.1) is 0 Å². The Morgan fingerprint density at radius 1 is 0.354 bits per heavy atom. The zero-order chi connectivity index (χ0) is 107. The molecule has 38 nitrogen and oxygen atoms in total. The number of methoxy groups -OCH3 is 2. The molecule has 768 valence electrons. The molecule has 0 aliphatic heterocycles. The summed E-state index contributed by atoms with van der Waals surface area (Å²) in [4.78, 5) is 67.3. The number of nitriles is 2. The van der Waals surface area contributed by atoms with Crippen LogP contribution in [0.5, 0.6) is 11.8 Å². The average Bonchev–Trinajstić information content (AvgIpc) is 1.72. The summed E-state index contributed by atoms with van der Waals surface area (Å²) in [5, 5.41) is 44.3. The van der Waals surface area contributed by atoms with Gasteiger partial charge in [0, 0.05) is 123 Å². The first kappa shape index (κ1) is 113. The Hall–Kier alpha value is -14.5. The molecule has 6 aromatic heterocycles. The zero-order valence-corrected chi connectivity index (χ0v) is 87.6. The molecular formula is C98H120F4N24O14S4. The standard InChI is InChI=1S/C26H31FN6O3S.C25H33FN6O4S.C24H27FN6O3S.C23H29FN6O4S/c1-16(2)22-11-20(27)12-23(19-9-7-8-18(10-19)14-28)25(22)29-26(34)31-37(35,36)24-13-21(15-32(5)6)33(30-24)17(3)4;1-15(2)20-11-18(26)12-21(17-8-9-27-22(10-17)36-7)24(20)28-25(33)30-37(34,35)23-13-19(14-31(5)6)32(29-23)16(3)4;1-15(2)20-10-18(25)11-21(17-8-6-7-16(9-17)13-26)23(20)27-24(32)29-35(33,34)22-12-19(14-30(3)4)31(5)28-22;1-14(2)18-10-16(24)11-19(15-7-8-25-20(9-15)34-6)22(18)26-23(31)28-35(32,33)21-12-17(13-29(3)4)30(5)27-21/h7-13,16-17H,15H2,1-6H3,(H2,29,31,34);8-13,15-16H,14H2,1-7H3,(H2,28,30,33);6-12,15H,14H2,1-5H3,(H2,27,29,32);7-12,14H,13H2,1-6H3,(H2,26,28,31). The molecule has 12 aromatic rings. The van der Waals surface area contributed by atoms with Gasteiger partial charge >= 0.3 is 24.1 Å². The van der Waals surface area contributed by atoms with E-state index in [-0.39, 0.29) is 78.6 Å². The molecule has 0 spiro atoms. The number of ether oxygens (including phenoxy) is 2. The van der Waals surface area contributed by atoms with Crippen LogP contribution < -0.4 is 49.6 Å². The molecule has 8 amide bonds. The lowest BCUT2D eigenvalue weighted by atomic mass is 9.93. The van der Waals surface area contributed by atoms with Crippen molar-refractivity contribution in [2.75, 3.05) is 91.9 Å². The number of nitrogens with zero attached hydrogens (tertiary/aromatic N) is 16. The highest BCUT2D eigenvalue weighted by atomic mass is 32.2. The highest BCUT2D eigenvalue weighted by Gasteiger charge is 2.33. The molecule has 12 rings (SSSR count). The van der Waals surface area contributed by atoms with Gasteiger partial charge in [-0.2, -0.15) is 64.6 Å². The van der Waals surface area contributed by atoms with Gasteiger partial charge in [0.1, 0.15) is 23.3 Å². The maximum absolute atomic E-state index is 14.6. The maximum atomic E-state index is 14.6. The van der Waals surface area contributed by atoms with Crippen LogP contribution in [0.4, 0.5) is 59.5 Å². The first-order valence-electron chi connectivity index (χ1n) is 45.0. The fraction of sp³-hybridized carbons (Fsp3) is 0.347. The van der Waals surface area contributed by atoms with Crippen molar-refractivity contribution in [1.82, 2.24) is 87.6 Å². The van der Waals surface area contributed by atoms with Crippen molar-refractivity contribution in [2.45, 2.75) is 165 Å². The summed E-state index contributed by atoms with van der Waals surface area (Å²) >= 11 is 0. The average molecular weight is 2060 g/mol. The summed E-state index contributed by atoms with van der Waals surface area (Å²) in [6, 6.07) is 35.3. The fourth-order valence-electron chi connectivity index (χ4n) is 15.0. The van der Waals surface area contributed by atoms with Gasteiger partial charge in [0.2, 0.25) is 11.8 Å². The first-order valence-corrected chi connectivity index (χ1v) is 50.9. The van der Waals surface area contributed by atoms with Crippen molar-refractivity contribution in [3.8, 4) is 68.4 Å². The van der Waals surface area contributed by atoms with Crippen LogP contribution in [-0.4, -0.2) is 197 Å². The number of aromatic nitrogens is 10. The highest BCUT2D eigenvalue weighted by Crippen LogP contribution is 2.42. The molecular weight excluding hydrogens is 1940 g/mol. The van der Waals surface area contributed by atoms with Crippen LogP contribution in [0.2, 0.25) is 0 Å². The van der Waals surface area contributed by atoms with E-state index in [4.69, 9.17) is 9.47 Å². The van der Waals surface area contributed by atoms with E-state index in [1.165, 1.54) is 109 Å². The monoisotopic (exact) mass is 2060 g/mol. The van der Waals surface area contributed by atoms with Crippen LogP contribution in [0.15, 0.2) is 178 Å². The lowest BCUT2D eigenvalue weighted by Gasteiger charge is -2.19. The number of carbonyl (C=O) groups excluding carboxylic acids is 4. The molecule has 6 aromatic carbocycles. The SMILES string of the molecule is CC(C)c1cc(F)cc(-c2cccc(C#N)c2)c1NC(=O)NS(=O)(=O)c1cc(CN(C)C)n(C(C)C)n1.CC(C)c1cc(F)cc(-c2cccc(C#N)c2)c1NC(=O)NS(=O)(=O)c1cc(CN(C)C)n(C)n1.COc1cc(-c2cc(F)cc(C(C)C)c2NC(=O)NS(=O)(=O)c2cc(CN(C)C)n(C(C)C)n2)ccn1.COc1cc(-c2cc(F)cc(C(C)C)c2NC(=O)NS(=O)(=O)c2cc(CN(C)C)n(C)n2)ccn1. The van der Waals surface area contributed by atoms with Gasteiger partial charge < -0.3 is 50.3 Å². The third-order valence-corrected chi connectivity index (χ3v) is 26.3. The van der Waals surface area contributed by atoms with E-state index in [2.05, 4.69) is 51.6 Å². The number of sulfonamides is 4. The molecule has 0 aliphatic rings. The predicted octanol–water partition coefficient (Wildman–Crippen LogP) is 16.3. The van der Waals surface area contributed by atoms with Crippen molar-refractivity contribution >= 4 is 87.0 Å². The van der Waals surface area contributed by atoms with E-state index in [1.54, 1.807) is 96.3 Å². The van der Waals surface area contributed by atoms with E-state index in [1.807, 2.05) is 190 Å². The second kappa shape index (κ2) is 48.5. The number of benzene rings is 6. The number of urea groups is 4. The van der Waals surface area contributed by atoms with Crippen molar-refractivity contribution < 1.29 is 79.9 Å². The number of hydrogen-bond acceptors (Lipinski definition) is 26. The van der Waals surface area contributed by atoms with E-state index in [0.717, 1.165) is 0 Å². The van der Waals surface area contributed by atoms with Gasteiger partial charge in [0.05, 0.1) is 83.0 Å². The molecule has 0 atom stereocenters. The van der Waals surface area contributed by atoms with Crippen LogP contribution in [0.25, 0.3) is 44.5 Å². The second-order valence-corrected chi connectivity index (χ2v) is 42.8. The number of rotatable bonds is 32. The summed E-state index contributed by atoms with van der Waals surface area (Å²) in [6.45, 7) is 24.1. The Bertz CT molecular complexity index is 7290. The van der Waals surface area contributed by atoms with Gasteiger partial charge in [-0.25, -0.2) is 65.6 Å². The summed E-state index contributed by atoms with van der Waals surface area (Å²) in [7, 11) is 3.82. The van der Waals surface area contributed by atoms with Crippen molar-refractivity contribution in [3.05, 3.63) is 237 Å². The third-order valence-electron chi connectivity index (χ3n) is 21.5. The van der Waals surface area contributed by atoms with Gasteiger partial charge in [0.15, 0.2) is 20.1 Å². The van der Waals surface area contributed by atoms with E-state index in [0.29, 0.717) is 139 Å². The Labute approximate surface area is 836 Å². The number of halogens is 4. The molecule has 8 N–H and O–H groups in total. The van der Waals surface area contributed by atoms with Crippen LogP contribution in [0.3, 0.4) is 0 Å². The lowest BCUT2D eigenvalue weighted by molar-refractivity contribution is 0.255. The van der Waals surface area contributed by atoms with Crippen molar-refractivity contribution in [1.29, 1.82) is 10.5 Å². The van der Waals surface area contributed by atoms with Crippen LogP contribution in [-0.2, 0) is 80.4 Å². The van der Waals surface area contributed by atoms with Crippen LogP contribution >= 0.6 is 0 Å². The van der Waals surface area contributed by atoms with Gasteiger partial charge in [-0.05, 0) is 237 Å². The fourth-order valence-corrected chi connectivity index (χ4v) is 18.6. The zero-order valence-electron chi connectivity index (χ0n) is 84.3. The Balaban J connectivity index is 0.000000214. The molecule has 0 unspecified atom stereocenters. The third kappa shape index (κ3) is 29.8. The largest absolute Gasteiger partial charge is 0.481 e. The first-order chi connectivity index (χ1) is 67.4. The quantitative estimate of drug-likeness (QED) is 0.0182. The summed E-state index contributed by atoms with van der Waals surface area (Å²) < 4.78 is 186. The number of carbonyl (C=O) groups is 4. The highest BCUT2D eigenvalue weighted by molar-refractivity contribution is 7.90. The van der Waals surface area contributed by atoms with Crippen molar-refractivity contribution in [3.63, 3.8) is 0 Å². The minimum absolute atomic E-state index is 0.0829. The van der Waals surface area contributed by atoms with Crippen LogP contribution in [0.1, 0.15) is 175 Å². The van der Waals surface area contributed by atoms with Crippen LogP contribution in [0, 0.1) is 45.9 Å². The Morgan fingerprint density at radius 3 is 0.833 bits per heavy atom. The number of nitrogens with one attached hydrogen (secondary N) is 8. The van der Waals surface area contributed by atoms with E-state index in [9.17, 15) is 80.9 Å². The molecule has 0 fully saturated rings. The minimum atomic E-state index is -4.31. The molecule has 0 saturated heterocycles. The number of amides is 8. The molecule has 0 saturated carbocycles. The van der Waals surface area contributed by atoms with Gasteiger partial charge in [-0.1, -0.05) is 79.7 Å². The predicted molar refractivity (Wildman–Crippen MR) is 540 cm³/mol. The molecule has 0 aliphatic carbocycles. The lowest BCUT2D eigenvalue weighted by Crippen LogP contribution is -2.35. The van der Waals surface area contributed by atoms with E-state index >= 15 is 0 Å². The Morgan fingerprint density at radius 2 is 0.597 bits per heavy atom. The molecule has 46 heteroatoms. The van der Waals surface area contributed by atoms with Gasteiger partial charge in [0.25, 0.3) is 40.1 Å². The maximum Gasteiger partial charge on any atom is 0.333 e. The molecule has 0 radical (unpaired) electrons.